The van der Waals surface area contributed by atoms with Crippen molar-refractivity contribution in [2.45, 2.75) is 31.5 Å². The molecule has 2 unspecified atom stereocenters. The first-order valence-corrected chi connectivity index (χ1v) is 11.5. The van der Waals surface area contributed by atoms with Crippen molar-refractivity contribution in [3.63, 3.8) is 0 Å². The average molecular weight is 486 g/mol. The molecule has 2 aliphatic heterocycles. The lowest BCUT2D eigenvalue weighted by atomic mass is 10.1. The lowest BCUT2D eigenvalue weighted by Crippen LogP contribution is -2.61. The predicted octanol–water partition coefficient (Wildman–Crippen LogP) is 2.23. The number of hydrogen-bond acceptors (Lipinski definition) is 8. The third-order valence-corrected chi connectivity index (χ3v) is 6.14. The average Bonchev–Trinajstić information content (AvgIpc) is 3.12. The SMILES string of the molecule is NC(=O)N1C(c2ccncn2)=CC(=O)N2CCCCC(OC(=O)c3cc(-c4ccccc4)ncn3)C21. The van der Waals surface area contributed by atoms with Crippen molar-refractivity contribution in [1.29, 1.82) is 0 Å². The van der Waals surface area contributed by atoms with Gasteiger partial charge >= 0.3 is 12.0 Å². The number of amides is 3. The van der Waals surface area contributed by atoms with Gasteiger partial charge in [0.25, 0.3) is 5.91 Å². The van der Waals surface area contributed by atoms with E-state index in [1.807, 2.05) is 30.3 Å². The van der Waals surface area contributed by atoms with Crippen LogP contribution < -0.4 is 5.73 Å². The minimum Gasteiger partial charge on any atom is -0.453 e. The van der Waals surface area contributed by atoms with Crippen molar-refractivity contribution >= 4 is 23.6 Å². The van der Waals surface area contributed by atoms with Crippen LogP contribution in [0.15, 0.2) is 67.4 Å². The minimum absolute atomic E-state index is 0.0685. The van der Waals surface area contributed by atoms with Gasteiger partial charge in [0, 0.05) is 24.4 Å². The van der Waals surface area contributed by atoms with E-state index in [-0.39, 0.29) is 17.3 Å². The van der Waals surface area contributed by atoms with E-state index < -0.39 is 24.3 Å². The van der Waals surface area contributed by atoms with E-state index in [0.29, 0.717) is 37.2 Å². The number of hydrogen-bond donors (Lipinski definition) is 1. The highest BCUT2D eigenvalue weighted by molar-refractivity contribution is 6.00. The number of esters is 1. The first kappa shape index (κ1) is 23.1. The monoisotopic (exact) mass is 485 g/mol. The highest BCUT2D eigenvalue weighted by Crippen LogP contribution is 2.33. The summed E-state index contributed by atoms with van der Waals surface area (Å²) in [6.45, 7) is 0.389. The maximum absolute atomic E-state index is 13.2. The summed E-state index contributed by atoms with van der Waals surface area (Å²) in [6.07, 6.45) is 5.48. The molecule has 182 valence electrons. The molecule has 2 atom stereocenters. The molecule has 11 heteroatoms. The summed E-state index contributed by atoms with van der Waals surface area (Å²) in [7, 11) is 0. The van der Waals surface area contributed by atoms with Crippen LogP contribution in [0.1, 0.15) is 35.4 Å². The Labute approximate surface area is 206 Å². The number of nitrogens with zero attached hydrogens (tertiary/aromatic N) is 6. The van der Waals surface area contributed by atoms with Gasteiger partial charge in [-0.1, -0.05) is 30.3 Å². The summed E-state index contributed by atoms with van der Waals surface area (Å²) in [4.78, 5) is 58.2. The lowest BCUT2D eigenvalue weighted by molar-refractivity contribution is -0.135. The number of ether oxygens (including phenoxy) is 1. The number of benzene rings is 1. The molecule has 1 fully saturated rings. The smallest absolute Gasteiger partial charge is 0.357 e. The number of nitrogens with two attached hydrogens (primary N) is 1. The van der Waals surface area contributed by atoms with Crippen LogP contribution >= 0.6 is 0 Å². The third-order valence-electron chi connectivity index (χ3n) is 6.14. The molecule has 36 heavy (non-hydrogen) atoms. The van der Waals surface area contributed by atoms with E-state index in [9.17, 15) is 14.4 Å². The van der Waals surface area contributed by atoms with Gasteiger partial charge in [-0.05, 0) is 31.4 Å². The normalized spacial score (nSPS) is 19.7. The second-order valence-electron chi connectivity index (χ2n) is 8.37. The number of fused-ring (bicyclic) bond motifs is 1. The van der Waals surface area contributed by atoms with E-state index in [1.54, 1.807) is 12.1 Å². The van der Waals surface area contributed by atoms with Crippen molar-refractivity contribution in [3.8, 4) is 11.3 Å². The first-order valence-electron chi connectivity index (χ1n) is 11.5. The number of rotatable bonds is 4. The molecule has 3 amide bonds. The number of urea groups is 1. The summed E-state index contributed by atoms with van der Waals surface area (Å²) in [5.41, 5.74) is 7.84. The molecule has 2 N–H and O–H groups in total. The molecule has 11 nitrogen and oxygen atoms in total. The molecule has 0 spiro atoms. The molecular weight excluding hydrogens is 462 g/mol. The molecule has 4 heterocycles. The maximum atomic E-state index is 13.2. The van der Waals surface area contributed by atoms with Crippen LogP contribution in [0, 0.1) is 0 Å². The largest absolute Gasteiger partial charge is 0.453 e. The fraction of sp³-hybridized carbons (Fsp3) is 0.240. The van der Waals surface area contributed by atoms with Crippen LogP contribution in [0.3, 0.4) is 0 Å². The molecule has 1 saturated heterocycles. The Kier molecular flexibility index (Phi) is 6.35. The summed E-state index contributed by atoms with van der Waals surface area (Å²) >= 11 is 0. The molecule has 0 bridgehead atoms. The molecule has 3 aromatic rings. The van der Waals surface area contributed by atoms with Gasteiger partial charge in [-0.2, -0.15) is 0 Å². The third kappa shape index (κ3) is 4.50. The fourth-order valence-electron chi connectivity index (χ4n) is 4.51. The van der Waals surface area contributed by atoms with Gasteiger partial charge in [0.1, 0.15) is 18.8 Å². The van der Waals surface area contributed by atoms with Gasteiger partial charge in [0.05, 0.1) is 17.1 Å². The summed E-state index contributed by atoms with van der Waals surface area (Å²) in [6, 6.07) is 11.7. The Balaban J connectivity index is 1.47. The number of primary amides is 1. The van der Waals surface area contributed by atoms with Crippen molar-refractivity contribution in [3.05, 3.63) is 78.8 Å². The number of aromatic nitrogens is 4. The highest BCUT2D eigenvalue weighted by Gasteiger charge is 2.45. The first-order chi connectivity index (χ1) is 17.5. The van der Waals surface area contributed by atoms with Gasteiger partial charge in [-0.3, -0.25) is 9.69 Å². The second-order valence-corrected chi connectivity index (χ2v) is 8.37. The Bertz CT molecular complexity index is 1320. The molecule has 0 radical (unpaired) electrons. The van der Waals surface area contributed by atoms with E-state index >= 15 is 0 Å². The van der Waals surface area contributed by atoms with Crippen molar-refractivity contribution in [2.24, 2.45) is 5.73 Å². The van der Waals surface area contributed by atoms with Crippen molar-refractivity contribution in [1.82, 2.24) is 29.7 Å². The van der Waals surface area contributed by atoms with E-state index in [1.165, 1.54) is 34.7 Å². The van der Waals surface area contributed by atoms with Crippen LogP contribution in [0.25, 0.3) is 17.0 Å². The highest BCUT2D eigenvalue weighted by atomic mass is 16.5. The van der Waals surface area contributed by atoms with Crippen molar-refractivity contribution < 1.29 is 19.1 Å². The van der Waals surface area contributed by atoms with Gasteiger partial charge in [0.2, 0.25) is 0 Å². The standard InChI is InChI=1S/C25H23N7O4/c26-25(35)32-20(17-9-10-27-14-28-17)13-22(33)31-11-5-4-8-21(23(31)32)36-24(34)19-12-18(29-15-30-19)16-6-2-1-3-7-16/h1-3,6-7,9-10,12-15,21,23H,4-5,8,11H2,(H2,26,35). The zero-order chi connectivity index (χ0) is 25.1. The molecule has 1 aromatic carbocycles. The zero-order valence-electron chi connectivity index (χ0n) is 19.2. The van der Waals surface area contributed by atoms with E-state index in [4.69, 9.17) is 10.5 Å². The number of carbonyl (C=O) groups is 3. The Hall–Kier alpha value is -4.67. The molecule has 2 aromatic heterocycles. The van der Waals surface area contributed by atoms with Crippen LogP contribution in [-0.2, 0) is 9.53 Å². The summed E-state index contributed by atoms with van der Waals surface area (Å²) in [5, 5.41) is 0. The van der Waals surface area contributed by atoms with Gasteiger partial charge in [-0.25, -0.2) is 29.5 Å². The van der Waals surface area contributed by atoms with E-state index in [2.05, 4.69) is 19.9 Å². The zero-order valence-corrected chi connectivity index (χ0v) is 19.2. The molecular formula is C25H23N7O4. The Morgan fingerprint density at radius 1 is 1.00 bits per heavy atom. The lowest BCUT2D eigenvalue weighted by Gasteiger charge is -2.44. The van der Waals surface area contributed by atoms with Gasteiger partial charge in [-0.15, -0.1) is 0 Å². The van der Waals surface area contributed by atoms with Crippen LogP contribution in [0.2, 0.25) is 0 Å². The molecule has 0 aliphatic carbocycles. The van der Waals surface area contributed by atoms with Crippen LogP contribution in [-0.4, -0.2) is 66.5 Å². The van der Waals surface area contributed by atoms with Crippen LogP contribution in [0.4, 0.5) is 4.79 Å². The van der Waals surface area contributed by atoms with Crippen LogP contribution in [0.5, 0.6) is 0 Å². The molecule has 5 rings (SSSR count). The topological polar surface area (TPSA) is 144 Å². The quantitative estimate of drug-likeness (QED) is 0.554. The predicted molar refractivity (Wildman–Crippen MR) is 127 cm³/mol. The van der Waals surface area contributed by atoms with Crippen molar-refractivity contribution in [2.75, 3.05) is 6.54 Å². The summed E-state index contributed by atoms with van der Waals surface area (Å²) < 4.78 is 5.90. The Morgan fingerprint density at radius 3 is 2.56 bits per heavy atom. The minimum atomic E-state index is -0.924. The number of carbonyl (C=O) groups excluding carboxylic acids is 3. The Morgan fingerprint density at radius 2 is 1.81 bits per heavy atom. The molecule has 0 saturated carbocycles. The fourth-order valence-corrected chi connectivity index (χ4v) is 4.51. The van der Waals surface area contributed by atoms with Gasteiger partial charge < -0.3 is 15.4 Å². The second kappa shape index (κ2) is 9.90. The molecule has 2 aliphatic rings. The maximum Gasteiger partial charge on any atom is 0.357 e. The summed E-state index contributed by atoms with van der Waals surface area (Å²) in [5.74, 6) is -1.00. The van der Waals surface area contributed by atoms with E-state index in [0.717, 1.165) is 5.56 Å². The van der Waals surface area contributed by atoms with Gasteiger partial charge in [0.15, 0.2) is 11.9 Å².